The fourth-order valence-electron chi connectivity index (χ4n) is 2.86. The van der Waals surface area contributed by atoms with Crippen molar-refractivity contribution in [1.82, 2.24) is 10.9 Å². The van der Waals surface area contributed by atoms with Gasteiger partial charge in [-0.2, -0.15) is 0 Å². The third kappa shape index (κ3) is 3.86. The van der Waals surface area contributed by atoms with Crippen LogP contribution in [0.15, 0.2) is 48.5 Å². The molecule has 1 saturated heterocycles. The van der Waals surface area contributed by atoms with Crippen LogP contribution in [0, 0.1) is 12.8 Å². The van der Waals surface area contributed by atoms with Crippen LogP contribution in [0.4, 0.5) is 5.69 Å². The summed E-state index contributed by atoms with van der Waals surface area (Å²) in [7, 11) is 0. The molecule has 0 aromatic heterocycles. The van der Waals surface area contributed by atoms with E-state index >= 15 is 0 Å². The van der Waals surface area contributed by atoms with E-state index in [1.165, 1.54) is 0 Å². The highest BCUT2D eigenvalue weighted by atomic mass is 35.5. The molecule has 1 fully saturated rings. The van der Waals surface area contributed by atoms with E-state index in [-0.39, 0.29) is 24.4 Å². The summed E-state index contributed by atoms with van der Waals surface area (Å²) in [6, 6.07) is 14.1. The molecule has 1 heterocycles. The van der Waals surface area contributed by atoms with Crippen molar-refractivity contribution in [2.45, 2.75) is 13.3 Å². The molecule has 2 aromatic carbocycles. The fourth-order valence-corrected chi connectivity index (χ4v) is 3.08. The molecule has 0 saturated carbocycles. The van der Waals surface area contributed by atoms with Gasteiger partial charge in [-0.05, 0) is 36.8 Å². The van der Waals surface area contributed by atoms with Crippen molar-refractivity contribution in [3.8, 4) is 0 Å². The summed E-state index contributed by atoms with van der Waals surface area (Å²) in [5, 5.41) is 0.293. The maximum absolute atomic E-state index is 12.3. The smallest absolute Gasteiger partial charge is 0.271 e. The van der Waals surface area contributed by atoms with Crippen molar-refractivity contribution >= 4 is 35.0 Å². The number of benzene rings is 2. The molecule has 6 nitrogen and oxygen atoms in total. The van der Waals surface area contributed by atoms with E-state index in [9.17, 15) is 14.4 Å². The third-order valence-corrected chi connectivity index (χ3v) is 4.56. The van der Waals surface area contributed by atoms with E-state index in [2.05, 4.69) is 10.9 Å². The molecule has 0 bridgehead atoms. The number of nitrogens with one attached hydrogen (secondary N) is 2. The minimum absolute atomic E-state index is 0.0989. The third-order valence-electron chi connectivity index (χ3n) is 4.23. The van der Waals surface area contributed by atoms with Crippen molar-refractivity contribution in [2.75, 3.05) is 11.4 Å². The number of hydrazine groups is 1. The number of nitrogens with zero attached hydrogens (tertiary/aromatic N) is 1. The summed E-state index contributed by atoms with van der Waals surface area (Å²) in [5.41, 5.74) is 6.79. The number of aryl methyl sites for hydroxylation is 1. The minimum atomic E-state index is -0.533. The van der Waals surface area contributed by atoms with Crippen molar-refractivity contribution in [3.63, 3.8) is 0 Å². The molecule has 1 aliphatic heterocycles. The lowest BCUT2D eigenvalue weighted by Gasteiger charge is -2.17. The van der Waals surface area contributed by atoms with Gasteiger partial charge in [0.1, 0.15) is 0 Å². The van der Waals surface area contributed by atoms with E-state index in [0.717, 1.165) is 11.3 Å². The molecule has 1 atom stereocenters. The van der Waals surface area contributed by atoms with Gasteiger partial charge >= 0.3 is 0 Å². The van der Waals surface area contributed by atoms with E-state index in [4.69, 9.17) is 11.6 Å². The Morgan fingerprint density at radius 3 is 2.62 bits per heavy atom. The van der Waals surface area contributed by atoms with Gasteiger partial charge in [-0.25, -0.2) is 0 Å². The van der Waals surface area contributed by atoms with Gasteiger partial charge in [0.25, 0.3) is 5.91 Å². The van der Waals surface area contributed by atoms with Crippen LogP contribution in [0.2, 0.25) is 5.02 Å². The maximum atomic E-state index is 12.3. The van der Waals surface area contributed by atoms with Gasteiger partial charge in [0.2, 0.25) is 11.8 Å². The van der Waals surface area contributed by atoms with Gasteiger partial charge < -0.3 is 4.90 Å². The molecule has 2 N–H and O–H groups in total. The van der Waals surface area contributed by atoms with E-state index < -0.39 is 17.7 Å². The Balaban J connectivity index is 1.60. The second kappa shape index (κ2) is 7.58. The number of rotatable bonds is 3. The Morgan fingerprint density at radius 2 is 1.88 bits per heavy atom. The molecule has 134 valence electrons. The van der Waals surface area contributed by atoms with Crippen LogP contribution >= 0.6 is 11.6 Å². The van der Waals surface area contributed by atoms with Crippen molar-refractivity contribution in [3.05, 3.63) is 64.7 Å². The van der Waals surface area contributed by atoms with Gasteiger partial charge in [-0.1, -0.05) is 35.9 Å². The summed E-state index contributed by atoms with van der Waals surface area (Å²) in [6.45, 7) is 2.22. The predicted octanol–water partition coefficient (Wildman–Crippen LogP) is 2.46. The number of carbonyl (C=O) groups excluding carboxylic acids is 3. The Kier molecular flexibility index (Phi) is 5.23. The summed E-state index contributed by atoms with van der Waals surface area (Å²) in [4.78, 5) is 38.2. The first-order chi connectivity index (χ1) is 12.5. The van der Waals surface area contributed by atoms with Crippen LogP contribution in [0.3, 0.4) is 0 Å². The second-order valence-electron chi connectivity index (χ2n) is 6.17. The van der Waals surface area contributed by atoms with Gasteiger partial charge in [-0.15, -0.1) is 0 Å². The molecule has 0 aliphatic carbocycles. The van der Waals surface area contributed by atoms with E-state index in [1.54, 1.807) is 29.2 Å². The minimum Gasteiger partial charge on any atom is -0.312 e. The first-order valence-electron chi connectivity index (χ1n) is 8.17. The van der Waals surface area contributed by atoms with Crippen LogP contribution in [0.1, 0.15) is 22.3 Å². The Bertz CT molecular complexity index is 869. The highest BCUT2D eigenvalue weighted by Crippen LogP contribution is 2.25. The quantitative estimate of drug-likeness (QED) is 0.813. The van der Waals surface area contributed by atoms with Crippen LogP contribution in [0.5, 0.6) is 0 Å². The SMILES string of the molecule is Cc1cccc(N2C[C@@H](C(=O)NNC(=O)c3ccccc3Cl)CC2=O)c1. The second-order valence-corrected chi connectivity index (χ2v) is 6.57. The first-order valence-corrected chi connectivity index (χ1v) is 8.55. The largest absolute Gasteiger partial charge is 0.312 e. The van der Waals surface area contributed by atoms with Gasteiger partial charge in [0.15, 0.2) is 0 Å². The fraction of sp³-hybridized carbons (Fsp3) is 0.211. The van der Waals surface area contributed by atoms with E-state index in [1.807, 2.05) is 31.2 Å². The number of carbonyl (C=O) groups is 3. The monoisotopic (exact) mass is 371 g/mol. The zero-order chi connectivity index (χ0) is 18.7. The summed E-state index contributed by atoms with van der Waals surface area (Å²) in [5.74, 6) is -1.57. The summed E-state index contributed by atoms with van der Waals surface area (Å²) < 4.78 is 0. The number of hydrogen-bond acceptors (Lipinski definition) is 3. The Labute approximate surface area is 156 Å². The molecule has 26 heavy (non-hydrogen) atoms. The predicted molar refractivity (Wildman–Crippen MR) is 98.7 cm³/mol. The standard InChI is InChI=1S/C19H18ClN3O3/c1-12-5-4-6-14(9-12)23-11-13(10-17(23)24)18(25)21-22-19(26)15-7-2-3-8-16(15)20/h2-9,13H,10-11H2,1H3,(H,21,25)(H,22,26)/t13-/m0/s1. The molecule has 3 amide bonds. The van der Waals surface area contributed by atoms with Crippen LogP contribution < -0.4 is 15.8 Å². The summed E-state index contributed by atoms with van der Waals surface area (Å²) in [6.07, 6.45) is 0.0989. The molecule has 0 spiro atoms. The Hall–Kier alpha value is -2.86. The topological polar surface area (TPSA) is 78.5 Å². The average Bonchev–Trinajstić information content (AvgIpc) is 3.01. The maximum Gasteiger partial charge on any atom is 0.271 e. The van der Waals surface area contributed by atoms with E-state index in [0.29, 0.717) is 5.02 Å². The lowest BCUT2D eigenvalue weighted by atomic mass is 10.1. The van der Waals surface area contributed by atoms with Gasteiger partial charge in [0, 0.05) is 18.7 Å². The molecular weight excluding hydrogens is 354 g/mol. The first kappa shape index (κ1) is 17.9. The normalized spacial score (nSPS) is 16.5. The molecule has 2 aromatic rings. The number of anilines is 1. The molecule has 0 radical (unpaired) electrons. The zero-order valence-corrected chi connectivity index (χ0v) is 14.9. The molecule has 7 heteroatoms. The Morgan fingerprint density at radius 1 is 1.12 bits per heavy atom. The highest BCUT2D eigenvalue weighted by Gasteiger charge is 2.35. The lowest BCUT2D eigenvalue weighted by molar-refractivity contribution is -0.126. The van der Waals surface area contributed by atoms with Crippen molar-refractivity contribution < 1.29 is 14.4 Å². The van der Waals surface area contributed by atoms with Crippen molar-refractivity contribution in [2.24, 2.45) is 5.92 Å². The number of halogens is 1. The molecule has 1 aliphatic rings. The number of hydrogen-bond donors (Lipinski definition) is 2. The van der Waals surface area contributed by atoms with Gasteiger partial charge in [-0.3, -0.25) is 25.2 Å². The zero-order valence-electron chi connectivity index (χ0n) is 14.2. The molecular formula is C19H18ClN3O3. The average molecular weight is 372 g/mol. The van der Waals surface area contributed by atoms with Crippen LogP contribution in [-0.4, -0.2) is 24.3 Å². The summed E-state index contributed by atoms with van der Waals surface area (Å²) >= 11 is 5.96. The molecule has 3 rings (SSSR count). The van der Waals surface area contributed by atoms with Crippen LogP contribution in [-0.2, 0) is 9.59 Å². The number of amides is 3. The lowest BCUT2D eigenvalue weighted by Crippen LogP contribution is -2.45. The van der Waals surface area contributed by atoms with Gasteiger partial charge in [0.05, 0.1) is 16.5 Å². The highest BCUT2D eigenvalue weighted by molar-refractivity contribution is 6.33. The van der Waals surface area contributed by atoms with Crippen LogP contribution in [0.25, 0.3) is 0 Å². The van der Waals surface area contributed by atoms with Crippen molar-refractivity contribution in [1.29, 1.82) is 0 Å². The molecule has 0 unspecified atom stereocenters.